The molecule has 4 nitrogen and oxygen atoms in total. The van der Waals surface area contributed by atoms with Gasteiger partial charge in [-0.15, -0.1) is 6.58 Å². The van der Waals surface area contributed by atoms with E-state index in [-0.39, 0.29) is 17.9 Å². The van der Waals surface area contributed by atoms with Crippen LogP contribution < -0.4 is 0 Å². The van der Waals surface area contributed by atoms with Gasteiger partial charge in [-0.25, -0.2) is 9.59 Å². The summed E-state index contributed by atoms with van der Waals surface area (Å²) in [6, 6.07) is 0. The van der Waals surface area contributed by atoms with Gasteiger partial charge in [0.15, 0.2) is 0 Å². The van der Waals surface area contributed by atoms with Crippen LogP contribution in [0.4, 0.5) is 0 Å². The molecule has 0 aromatic heterocycles. The molecule has 0 aromatic carbocycles. The number of carbonyl (C=O) groups is 2. The molecule has 0 aliphatic rings. The molecule has 0 aromatic rings. The van der Waals surface area contributed by atoms with E-state index in [9.17, 15) is 9.59 Å². The van der Waals surface area contributed by atoms with Crippen molar-refractivity contribution in [3.8, 4) is 0 Å². The van der Waals surface area contributed by atoms with Crippen LogP contribution in [0.2, 0.25) is 0 Å². The fourth-order valence-corrected chi connectivity index (χ4v) is 0.556. The molecule has 0 unspecified atom stereocenters. The highest BCUT2D eigenvalue weighted by Gasteiger charge is 2.14. The van der Waals surface area contributed by atoms with Crippen molar-refractivity contribution < 1.29 is 19.1 Å². The minimum absolute atomic E-state index is 0.186. The lowest BCUT2D eigenvalue weighted by atomic mass is 10.4. The Kier molecular flexibility index (Phi) is 5.78. The highest BCUT2D eigenvalue weighted by Crippen LogP contribution is 2.02. The summed E-state index contributed by atoms with van der Waals surface area (Å²) in [5.74, 6) is -1.79. The molecule has 0 heterocycles. The van der Waals surface area contributed by atoms with Crippen molar-refractivity contribution in [3.63, 3.8) is 0 Å². The van der Waals surface area contributed by atoms with Gasteiger partial charge in [-0.3, -0.25) is 0 Å². The molecule has 0 N–H and O–H groups in total. The van der Waals surface area contributed by atoms with Gasteiger partial charge in [-0.2, -0.15) is 0 Å². The zero-order chi connectivity index (χ0) is 11.8. The first-order chi connectivity index (χ1) is 6.99. The molecule has 0 bridgehead atoms. The quantitative estimate of drug-likeness (QED) is 0.220. The summed E-state index contributed by atoms with van der Waals surface area (Å²) in [7, 11) is 0. The van der Waals surface area contributed by atoms with Crippen molar-refractivity contribution in [1.29, 1.82) is 0 Å². The number of hydrogen-bond donors (Lipinski definition) is 0. The fraction of sp³-hybridized carbons (Fsp3) is 0.273. The number of ether oxygens (including phenoxy) is 2. The van der Waals surface area contributed by atoms with E-state index in [0.717, 1.165) is 0 Å². The third-order valence-corrected chi connectivity index (χ3v) is 1.35. The summed E-state index contributed by atoms with van der Waals surface area (Å²) in [6.45, 7) is 11.8. The van der Waals surface area contributed by atoms with Crippen molar-refractivity contribution in [2.75, 3.05) is 6.61 Å². The van der Waals surface area contributed by atoms with Gasteiger partial charge in [-0.1, -0.05) is 12.7 Å². The second kappa shape index (κ2) is 6.59. The Bertz CT molecular complexity index is 302. The Labute approximate surface area is 88.9 Å². The summed E-state index contributed by atoms with van der Waals surface area (Å²) in [4.78, 5) is 22.1. The Morgan fingerprint density at radius 1 is 1.27 bits per heavy atom. The molecule has 82 valence electrons. The highest BCUT2D eigenvalue weighted by molar-refractivity contribution is 5.93. The Hall–Kier alpha value is -1.84. The van der Waals surface area contributed by atoms with Gasteiger partial charge in [0.2, 0.25) is 5.76 Å². The molecule has 0 rings (SSSR count). The maximum absolute atomic E-state index is 11.1. The topological polar surface area (TPSA) is 52.6 Å². The van der Waals surface area contributed by atoms with Crippen molar-refractivity contribution in [2.45, 2.75) is 13.3 Å². The highest BCUT2D eigenvalue weighted by atomic mass is 16.6. The molecule has 0 spiro atoms. The second-order valence-electron chi connectivity index (χ2n) is 2.81. The minimum atomic E-state index is -0.758. The van der Waals surface area contributed by atoms with Crippen LogP contribution in [0.5, 0.6) is 0 Å². The van der Waals surface area contributed by atoms with Crippen molar-refractivity contribution in [1.82, 2.24) is 0 Å². The molecule has 0 radical (unpaired) electrons. The molecule has 4 heteroatoms. The molecule has 0 amide bonds. The van der Waals surface area contributed by atoms with Crippen LogP contribution in [-0.4, -0.2) is 18.5 Å². The van der Waals surface area contributed by atoms with E-state index in [2.05, 4.69) is 24.5 Å². The third kappa shape index (κ3) is 5.46. The van der Waals surface area contributed by atoms with Crippen molar-refractivity contribution in [2.24, 2.45) is 0 Å². The van der Waals surface area contributed by atoms with Crippen LogP contribution in [0.3, 0.4) is 0 Å². The second-order valence-corrected chi connectivity index (χ2v) is 2.81. The van der Waals surface area contributed by atoms with Crippen molar-refractivity contribution in [3.05, 3.63) is 37.1 Å². The first kappa shape index (κ1) is 13.2. The summed E-state index contributed by atoms with van der Waals surface area (Å²) < 4.78 is 9.28. The summed E-state index contributed by atoms with van der Waals surface area (Å²) in [6.07, 6.45) is 2.14. The van der Waals surface area contributed by atoms with E-state index in [4.69, 9.17) is 4.74 Å². The van der Waals surface area contributed by atoms with Gasteiger partial charge in [0, 0.05) is 5.57 Å². The average molecular weight is 210 g/mol. The number of hydrogen-bond acceptors (Lipinski definition) is 4. The van der Waals surface area contributed by atoms with Crippen LogP contribution >= 0.6 is 0 Å². The van der Waals surface area contributed by atoms with Crippen LogP contribution in [0.15, 0.2) is 37.1 Å². The predicted molar refractivity (Wildman–Crippen MR) is 55.8 cm³/mol. The first-order valence-electron chi connectivity index (χ1n) is 4.33. The van der Waals surface area contributed by atoms with Crippen molar-refractivity contribution >= 4 is 11.9 Å². The molecule has 0 fully saturated rings. The smallest absolute Gasteiger partial charge is 0.373 e. The summed E-state index contributed by atoms with van der Waals surface area (Å²) in [5.41, 5.74) is 0.190. The van der Waals surface area contributed by atoms with Gasteiger partial charge in [0.1, 0.15) is 0 Å². The fourth-order valence-electron chi connectivity index (χ4n) is 0.556. The molecular formula is C11H14O4. The molecule has 0 saturated heterocycles. The Morgan fingerprint density at radius 3 is 2.33 bits per heavy atom. The molecule has 0 aliphatic carbocycles. The lowest BCUT2D eigenvalue weighted by Gasteiger charge is -2.06. The Balaban J connectivity index is 3.99. The lowest BCUT2D eigenvalue weighted by molar-refractivity contribution is -0.149. The standard InChI is InChI=1S/C11H14O4/c1-5-6-7-14-11(13)9(4)15-10(12)8(2)3/h5H,1-2,4,6-7H2,3H3. The molecule has 0 aliphatic heterocycles. The van der Waals surface area contributed by atoms with Crippen LogP contribution in [0.25, 0.3) is 0 Å². The largest absolute Gasteiger partial charge is 0.460 e. The lowest BCUT2D eigenvalue weighted by Crippen LogP contribution is -2.14. The van der Waals surface area contributed by atoms with Gasteiger partial charge in [0.05, 0.1) is 6.61 Å². The zero-order valence-electron chi connectivity index (χ0n) is 8.75. The SMILES string of the molecule is C=CCCOC(=O)C(=C)OC(=O)C(=C)C. The molecule has 0 saturated carbocycles. The van der Waals surface area contributed by atoms with E-state index < -0.39 is 11.9 Å². The minimum Gasteiger partial charge on any atom is -0.460 e. The number of esters is 2. The first-order valence-corrected chi connectivity index (χ1v) is 4.33. The van der Waals surface area contributed by atoms with Gasteiger partial charge in [-0.05, 0) is 19.9 Å². The maximum Gasteiger partial charge on any atom is 0.373 e. The van der Waals surface area contributed by atoms with Crippen LogP contribution in [0, 0.1) is 0 Å². The van der Waals surface area contributed by atoms with Gasteiger partial charge < -0.3 is 9.47 Å². The number of carbonyl (C=O) groups excluding carboxylic acids is 2. The predicted octanol–water partition coefficient (Wildman–Crippen LogP) is 1.74. The van der Waals surface area contributed by atoms with Gasteiger partial charge >= 0.3 is 11.9 Å². The van der Waals surface area contributed by atoms with Crippen LogP contribution in [0.1, 0.15) is 13.3 Å². The number of rotatable bonds is 6. The zero-order valence-corrected chi connectivity index (χ0v) is 8.75. The summed E-state index contributed by atoms with van der Waals surface area (Å²) in [5, 5.41) is 0. The van der Waals surface area contributed by atoms with E-state index in [0.29, 0.717) is 6.42 Å². The maximum atomic E-state index is 11.1. The monoisotopic (exact) mass is 210 g/mol. The van der Waals surface area contributed by atoms with Crippen LogP contribution in [-0.2, 0) is 19.1 Å². The molecule has 15 heavy (non-hydrogen) atoms. The summed E-state index contributed by atoms with van der Waals surface area (Å²) >= 11 is 0. The molecule has 0 atom stereocenters. The Morgan fingerprint density at radius 2 is 1.87 bits per heavy atom. The third-order valence-electron chi connectivity index (χ3n) is 1.35. The van der Waals surface area contributed by atoms with Gasteiger partial charge in [0.25, 0.3) is 0 Å². The average Bonchev–Trinajstić information content (AvgIpc) is 2.17. The van der Waals surface area contributed by atoms with E-state index in [1.54, 1.807) is 6.08 Å². The van der Waals surface area contributed by atoms with E-state index >= 15 is 0 Å². The molecular weight excluding hydrogens is 196 g/mol. The normalized spacial score (nSPS) is 8.87. The van der Waals surface area contributed by atoms with E-state index in [1.807, 2.05) is 0 Å². The van der Waals surface area contributed by atoms with E-state index in [1.165, 1.54) is 6.92 Å².